The van der Waals surface area contributed by atoms with E-state index in [4.69, 9.17) is 0 Å². The molecule has 2 unspecified atom stereocenters. The van der Waals surface area contributed by atoms with Crippen molar-refractivity contribution in [2.45, 2.75) is 18.9 Å². The van der Waals surface area contributed by atoms with E-state index in [0.717, 1.165) is 18.7 Å². The number of aliphatic hydroxyl groups is 1. The number of hydrogen-bond acceptors (Lipinski definition) is 4. The van der Waals surface area contributed by atoms with Crippen molar-refractivity contribution in [2.24, 2.45) is 5.92 Å². The lowest BCUT2D eigenvalue weighted by Gasteiger charge is -2.29. The molecule has 20 heavy (non-hydrogen) atoms. The molecular weight excluding hydrogens is 274 g/mol. The van der Waals surface area contributed by atoms with Crippen LogP contribution in [0.5, 0.6) is 0 Å². The molecule has 1 fully saturated rings. The van der Waals surface area contributed by atoms with Gasteiger partial charge in [-0.3, -0.25) is 0 Å². The van der Waals surface area contributed by atoms with Gasteiger partial charge in [0.05, 0.1) is 6.10 Å². The summed E-state index contributed by atoms with van der Waals surface area (Å²) in [5, 5.41) is 19.3. The maximum Gasteiger partial charge on any atom is 0.314 e. The smallest absolute Gasteiger partial charge is 0.314 e. The van der Waals surface area contributed by atoms with Crippen LogP contribution in [0.1, 0.15) is 24.5 Å². The fourth-order valence-electron chi connectivity index (χ4n) is 2.51. The zero-order chi connectivity index (χ0) is 14.4. The summed E-state index contributed by atoms with van der Waals surface area (Å²) in [6.45, 7) is 3.13. The molecule has 2 atom stereocenters. The fourth-order valence-corrected chi connectivity index (χ4v) is 3.22. The zero-order valence-corrected chi connectivity index (χ0v) is 12.7. The lowest BCUT2D eigenvalue weighted by molar-refractivity contribution is 0.171. The summed E-state index contributed by atoms with van der Waals surface area (Å²) in [5.74, 6) is 0.529. The minimum atomic E-state index is -0.632. The summed E-state index contributed by atoms with van der Waals surface area (Å²) in [5.41, 5.74) is 0.851. The van der Waals surface area contributed by atoms with Crippen LogP contribution in [0.3, 0.4) is 0 Å². The maximum atomic E-state index is 11.7. The van der Waals surface area contributed by atoms with Crippen LogP contribution in [-0.2, 0) is 0 Å². The van der Waals surface area contributed by atoms with Crippen LogP contribution in [0.4, 0.5) is 4.79 Å². The highest BCUT2D eigenvalue weighted by Gasteiger charge is 2.17. The van der Waals surface area contributed by atoms with Crippen molar-refractivity contribution in [3.8, 4) is 0 Å². The molecule has 3 N–H and O–H groups in total. The number of nitrogens with zero attached hydrogens (tertiary/aromatic N) is 1. The Morgan fingerprint density at radius 1 is 1.60 bits per heavy atom. The topological polar surface area (TPSA) is 64.6 Å². The number of carbonyl (C=O) groups is 1. The predicted molar refractivity (Wildman–Crippen MR) is 80.9 cm³/mol. The van der Waals surface area contributed by atoms with Gasteiger partial charge in [-0.25, -0.2) is 4.79 Å². The highest BCUT2D eigenvalue weighted by Crippen LogP contribution is 2.15. The van der Waals surface area contributed by atoms with Gasteiger partial charge in [-0.2, -0.15) is 11.3 Å². The number of aliphatic hydroxyl groups excluding tert-OH is 1. The van der Waals surface area contributed by atoms with Gasteiger partial charge in [0.1, 0.15) is 0 Å². The van der Waals surface area contributed by atoms with Crippen LogP contribution in [0, 0.1) is 5.92 Å². The summed E-state index contributed by atoms with van der Waals surface area (Å²) in [6, 6.07) is 1.67. The molecule has 0 spiro atoms. The van der Waals surface area contributed by atoms with E-state index < -0.39 is 6.10 Å². The average Bonchev–Trinajstić information content (AvgIpc) is 2.97. The van der Waals surface area contributed by atoms with Crippen molar-refractivity contribution in [1.29, 1.82) is 0 Å². The van der Waals surface area contributed by atoms with Crippen molar-refractivity contribution in [1.82, 2.24) is 15.5 Å². The van der Waals surface area contributed by atoms with E-state index in [1.807, 2.05) is 16.8 Å². The third kappa shape index (κ3) is 4.77. The van der Waals surface area contributed by atoms with Crippen molar-refractivity contribution >= 4 is 17.4 Å². The normalized spacial score (nSPS) is 21.4. The Labute approximate surface area is 124 Å². The highest BCUT2D eigenvalue weighted by atomic mass is 32.1. The Balaban J connectivity index is 1.63. The number of piperidine rings is 1. The SMILES string of the molecule is CN1CCCC(CNC(=O)NCC(O)c2ccsc2)C1. The van der Waals surface area contributed by atoms with Crippen LogP contribution >= 0.6 is 11.3 Å². The molecule has 1 aliphatic rings. The summed E-state index contributed by atoms with van der Waals surface area (Å²) < 4.78 is 0. The van der Waals surface area contributed by atoms with Crippen LogP contribution in [0.15, 0.2) is 16.8 Å². The Morgan fingerprint density at radius 3 is 3.15 bits per heavy atom. The first-order valence-corrected chi connectivity index (χ1v) is 8.00. The van der Waals surface area contributed by atoms with Crippen LogP contribution in [0.2, 0.25) is 0 Å². The summed E-state index contributed by atoms with van der Waals surface area (Å²) in [7, 11) is 2.11. The second-order valence-electron chi connectivity index (χ2n) is 5.43. The maximum absolute atomic E-state index is 11.7. The summed E-state index contributed by atoms with van der Waals surface area (Å²) in [4.78, 5) is 14.0. The number of rotatable bonds is 5. The van der Waals surface area contributed by atoms with Crippen molar-refractivity contribution in [3.05, 3.63) is 22.4 Å². The molecule has 2 amide bonds. The van der Waals surface area contributed by atoms with Gasteiger partial charge in [0.25, 0.3) is 0 Å². The molecule has 112 valence electrons. The van der Waals surface area contributed by atoms with Crippen molar-refractivity contribution in [2.75, 3.05) is 33.2 Å². The molecule has 1 saturated heterocycles. The molecule has 0 aliphatic carbocycles. The van der Waals surface area contributed by atoms with Crippen LogP contribution in [0.25, 0.3) is 0 Å². The molecule has 1 aliphatic heterocycles. The molecular formula is C14H23N3O2S. The Hall–Kier alpha value is -1.11. The Morgan fingerprint density at radius 2 is 2.45 bits per heavy atom. The lowest BCUT2D eigenvalue weighted by Crippen LogP contribution is -2.43. The number of hydrogen-bond donors (Lipinski definition) is 3. The second kappa shape index (κ2) is 7.61. The third-order valence-electron chi connectivity index (χ3n) is 3.66. The summed E-state index contributed by atoms with van der Waals surface area (Å²) in [6.07, 6.45) is 1.73. The molecule has 0 radical (unpaired) electrons. The molecule has 1 aromatic heterocycles. The van der Waals surface area contributed by atoms with Gasteiger partial charge in [0.15, 0.2) is 0 Å². The molecule has 0 bridgehead atoms. The fraction of sp³-hybridized carbons (Fsp3) is 0.643. The van der Waals surface area contributed by atoms with Gasteiger partial charge in [-0.15, -0.1) is 0 Å². The van der Waals surface area contributed by atoms with Crippen LogP contribution < -0.4 is 10.6 Å². The van der Waals surface area contributed by atoms with Gasteiger partial charge >= 0.3 is 6.03 Å². The number of thiophene rings is 1. The number of nitrogens with one attached hydrogen (secondary N) is 2. The van der Waals surface area contributed by atoms with Gasteiger partial charge in [0.2, 0.25) is 0 Å². The Bertz CT molecular complexity index is 411. The minimum absolute atomic E-state index is 0.201. The largest absolute Gasteiger partial charge is 0.387 e. The van der Waals surface area contributed by atoms with E-state index in [9.17, 15) is 9.90 Å². The number of carbonyl (C=O) groups excluding carboxylic acids is 1. The quantitative estimate of drug-likeness (QED) is 0.770. The molecule has 2 heterocycles. The van der Waals surface area contributed by atoms with E-state index in [1.54, 1.807) is 0 Å². The number of urea groups is 1. The van der Waals surface area contributed by atoms with Crippen molar-refractivity contribution < 1.29 is 9.90 Å². The number of likely N-dealkylation sites (tertiary alicyclic amines) is 1. The highest BCUT2D eigenvalue weighted by molar-refractivity contribution is 7.07. The predicted octanol–water partition coefficient (Wildman–Crippen LogP) is 1.42. The van der Waals surface area contributed by atoms with Gasteiger partial charge in [-0.05, 0) is 54.7 Å². The summed E-state index contributed by atoms with van der Waals surface area (Å²) >= 11 is 1.54. The molecule has 6 heteroatoms. The monoisotopic (exact) mass is 297 g/mol. The lowest BCUT2D eigenvalue weighted by atomic mass is 9.99. The Kier molecular flexibility index (Phi) is 5.82. The first kappa shape index (κ1) is 15.3. The molecule has 0 aromatic carbocycles. The van der Waals surface area contributed by atoms with E-state index in [0.29, 0.717) is 12.5 Å². The van der Waals surface area contributed by atoms with E-state index >= 15 is 0 Å². The first-order chi connectivity index (χ1) is 9.65. The van der Waals surface area contributed by atoms with E-state index in [-0.39, 0.29) is 12.6 Å². The van der Waals surface area contributed by atoms with E-state index in [1.165, 1.54) is 24.2 Å². The first-order valence-electron chi connectivity index (χ1n) is 7.05. The van der Waals surface area contributed by atoms with Gasteiger partial charge in [0, 0.05) is 19.6 Å². The molecule has 0 saturated carbocycles. The standard InChI is InChI=1S/C14H23N3O2S/c1-17-5-2-3-11(9-17)7-15-14(19)16-8-13(18)12-4-6-20-10-12/h4,6,10-11,13,18H,2-3,5,7-9H2,1H3,(H2,15,16,19). The average molecular weight is 297 g/mol. The van der Waals surface area contributed by atoms with Crippen LogP contribution in [-0.4, -0.2) is 49.3 Å². The van der Waals surface area contributed by atoms with E-state index in [2.05, 4.69) is 22.6 Å². The number of amides is 2. The third-order valence-corrected chi connectivity index (χ3v) is 4.36. The second-order valence-corrected chi connectivity index (χ2v) is 6.21. The molecule has 1 aromatic rings. The van der Waals surface area contributed by atoms with Gasteiger partial charge < -0.3 is 20.6 Å². The zero-order valence-electron chi connectivity index (χ0n) is 11.8. The molecule has 5 nitrogen and oxygen atoms in total. The van der Waals surface area contributed by atoms with Crippen molar-refractivity contribution in [3.63, 3.8) is 0 Å². The minimum Gasteiger partial charge on any atom is -0.387 e. The van der Waals surface area contributed by atoms with Gasteiger partial charge in [-0.1, -0.05) is 0 Å². The molecule has 2 rings (SSSR count).